The van der Waals surface area contributed by atoms with Gasteiger partial charge in [-0.2, -0.15) is 0 Å². The minimum absolute atomic E-state index is 0.00433. The highest BCUT2D eigenvalue weighted by molar-refractivity contribution is 9.10. The molecule has 0 spiro atoms. The molecule has 3 aromatic carbocycles. The molecule has 1 saturated heterocycles. The number of nitrogens with zero attached hydrogens (tertiary/aromatic N) is 2. The predicted molar refractivity (Wildman–Crippen MR) is 150 cm³/mol. The summed E-state index contributed by atoms with van der Waals surface area (Å²) in [4.78, 5) is 32.8. The van der Waals surface area contributed by atoms with Crippen molar-refractivity contribution >= 4 is 71.7 Å². The summed E-state index contributed by atoms with van der Waals surface area (Å²) in [5, 5.41) is 12.3. The number of unbranched alkanes of at least 4 members (excludes halogenated alkanes) is 1. The molecule has 0 bridgehead atoms. The molecule has 1 aliphatic rings. The number of thiazole rings is 1. The summed E-state index contributed by atoms with van der Waals surface area (Å²) in [5.74, 6) is -1.22. The van der Waals surface area contributed by atoms with Gasteiger partial charge in [-0.3, -0.25) is 14.5 Å². The molecule has 1 unspecified atom stereocenters. The van der Waals surface area contributed by atoms with Crippen LogP contribution in [0.3, 0.4) is 0 Å². The van der Waals surface area contributed by atoms with Gasteiger partial charge in [-0.05, 0) is 54.4 Å². The SMILES string of the molecule is CCCCOc1cccc(C(O)=C2C(=O)C(=O)N(c3nc4ccc(Cl)cc4s3)C2c2ccc(Br)cc2)c1. The Labute approximate surface area is 231 Å². The highest BCUT2D eigenvalue weighted by Crippen LogP contribution is 2.44. The highest BCUT2D eigenvalue weighted by Gasteiger charge is 2.48. The Bertz CT molecular complexity index is 1530. The number of amides is 1. The van der Waals surface area contributed by atoms with Crippen LogP contribution in [0, 0.1) is 0 Å². The van der Waals surface area contributed by atoms with Gasteiger partial charge in [0.1, 0.15) is 11.5 Å². The third kappa shape index (κ3) is 5.01. The Morgan fingerprint density at radius 1 is 1.14 bits per heavy atom. The van der Waals surface area contributed by atoms with Crippen LogP contribution in [0.4, 0.5) is 5.13 Å². The van der Waals surface area contributed by atoms with Gasteiger partial charge in [0, 0.05) is 15.1 Å². The summed E-state index contributed by atoms with van der Waals surface area (Å²) >= 11 is 10.9. The third-order valence-electron chi connectivity index (χ3n) is 6.05. The van der Waals surface area contributed by atoms with Gasteiger partial charge in [-0.15, -0.1) is 0 Å². The molecular weight excluding hydrogens is 576 g/mol. The van der Waals surface area contributed by atoms with Gasteiger partial charge in [0.05, 0.1) is 28.4 Å². The lowest BCUT2D eigenvalue weighted by atomic mass is 9.95. The smallest absolute Gasteiger partial charge is 0.301 e. The zero-order valence-corrected chi connectivity index (χ0v) is 22.9. The van der Waals surface area contributed by atoms with Crippen LogP contribution in [-0.4, -0.2) is 28.4 Å². The van der Waals surface area contributed by atoms with Gasteiger partial charge in [0.15, 0.2) is 5.13 Å². The molecule has 6 nitrogen and oxygen atoms in total. The summed E-state index contributed by atoms with van der Waals surface area (Å²) in [6, 6.07) is 18.6. The average molecular weight is 598 g/mol. The van der Waals surface area contributed by atoms with Crippen molar-refractivity contribution in [3.8, 4) is 5.75 Å². The number of anilines is 1. The number of carbonyl (C=O) groups excluding carboxylic acids is 2. The van der Waals surface area contributed by atoms with Crippen molar-refractivity contribution in [2.75, 3.05) is 11.5 Å². The molecule has 1 aromatic heterocycles. The van der Waals surface area contributed by atoms with Crippen molar-refractivity contribution in [1.82, 2.24) is 4.98 Å². The Kier molecular flexibility index (Phi) is 7.33. The number of ether oxygens (including phenoxy) is 1. The number of hydrogen-bond acceptors (Lipinski definition) is 6. The van der Waals surface area contributed by atoms with Crippen LogP contribution in [0.1, 0.15) is 36.9 Å². The van der Waals surface area contributed by atoms with E-state index in [4.69, 9.17) is 16.3 Å². The van der Waals surface area contributed by atoms with Gasteiger partial charge in [-0.1, -0.05) is 76.5 Å². The number of fused-ring (bicyclic) bond motifs is 1. The molecule has 0 aliphatic carbocycles. The number of hydrogen-bond donors (Lipinski definition) is 1. The van der Waals surface area contributed by atoms with Crippen LogP contribution in [-0.2, 0) is 9.59 Å². The van der Waals surface area contributed by atoms with E-state index >= 15 is 0 Å². The van der Waals surface area contributed by atoms with Crippen molar-refractivity contribution in [3.63, 3.8) is 0 Å². The molecule has 0 radical (unpaired) electrons. The number of aliphatic hydroxyl groups is 1. The molecule has 2 heterocycles. The summed E-state index contributed by atoms with van der Waals surface area (Å²) in [7, 11) is 0. The van der Waals surface area contributed by atoms with Crippen molar-refractivity contribution in [3.05, 3.63) is 92.9 Å². The van der Waals surface area contributed by atoms with Gasteiger partial charge >= 0.3 is 5.91 Å². The minimum atomic E-state index is -0.867. The molecular formula is C28H22BrClN2O4S. The fourth-order valence-corrected chi connectivity index (χ4v) is 5.74. The summed E-state index contributed by atoms with van der Waals surface area (Å²) in [6.45, 7) is 2.62. The average Bonchev–Trinajstić information content (AvgIpc) is 3.42. The predicted octanol–water partition coefficient (Wildman–Crippen LogP) is 7.52. The Balaban J connectivity index is 1.64. The molecule has 1 aliphatic heterocycles. The van der Waals surface area contributed by atoms with E-state index in [1.165, 1.54) is 16.2 Å². The van der Waals surface area contributed by atoms with Gasteiger partial charge < -0.3 is 9.84 Å². The zero-order valence-electron chi connectivity index (χ0n) is 19.8. The summed E-state index contributed by atoms with van der Waals surface area (Å²) < 4.78 is 7.42. The topological polar surface area (TPSA) is 79.7 Å². The molecule has 4 aromatic rings. The molecule has 5 rings (SSSR count). The van der Waals surface area contributed by atoms with Crippen molar-refractivity contribution in [2.45, 2.75) is 25.8 Å². The number of carbonyl (C=O) groups is 2. The minimum Gasteiger partial charge on any atom is -0.507 e. The number of ketones is 1. The van der Waals surface area contributed by atoms with E-state index in [0.29, 0.717) is 39.2 Å². The van der Waals surface area contributed by atoms with Gasteiger partial charge in [0.2, 0.25) is 0 Å². The third-order valence-corrected chi connectivity index (χ3v) is 7.83. The van der Waals surface area contributed by atoms with E-state index in [-0.39, 0.29) is 11.3 Å². The molecule has 1 amide bonds. The second-order valence-corrected chi connectivity index (χ2v) is 10.9. The van der Waals surface area contributed by atoms with Crippen LogP contribution >= 0.6 is 38.9 Å². The molecule has 1 fully saturated rings. The molecule has 188 valence electrons. The van der Waals surface area contributed by atoms with E-state index in [0.717, 1.165) is 22.0 Å². The standard InChI is InChI=1S/C28H22BrClN2O4S/c1-2-3-13-36-20-6-4-5-17(14-20)25(33)23-24(16-7-9-18(29)10-8-16)32(27(35)26(23)34)28-31-21-12-11-19(30)15-22(21)37-28/h4-12,14-15,24,33H,2-3,13H2,1H3. The van der Waals surface area contributed by atoms with Crippen LogP contribution in [0.5, 0.6) is 5.75 Å². The Hall–Kier alpha value is -3.20. The zero-order chi connectivity index (χ0) is 26.1. The lowest BCUT2D eigenvalue weighted by Gasteiger charge is -2.23. The van der Waals surface area contributed by atoms with Crippen LogP contribution in [0.2, 0.25) is 5.02 Å². The van der Waals surface area contributed by atoms with Crippen LogP contribution in [0.25, 0.3) is 16.0 Å². The molecule has 9 heteroatoms. The van der Waals surface area contributed by atoms with Crippen molar-refractivity contribution in [1.29, 1.82) is 0 Å². The number of benzene rings is 3. The maximum atomic E-state index is 13.4. The van der Waals surface area contributed by atoms with E-state index in [9.17, 15) is 14.7 Å². The molecule has 1 atom stereocenters. The van der Waals surface area contributed by atoms with E-state index < -0.39 is 17.7 Å². The van der Waals surface area contributed by atoms with E-state index in [1.807, 2.05) is 24.3 Å². The Morgan fingerprint density at radius 2 is 1.92 bits per heavy atom. The number of rotatable bonds is 7. The maximum Gasteiger partial charge on any atom is 0.301 e. The fraction of sp³-hybridized carbons (Fsp3) is 0.179. The largest absolute Gasteiger partial charge is 0.507 e. The lowest BCUT2D eigenvalue weighted by molar-refractivity contribution is -0.132. The molecule has 37 heavy (non-hydrogen) atoms. The van der Waals surface area contributed by atoms with E-state index in [2.05, 4.69) is 27.8 Å². The van der Waals surface area contributed by atoms with Crippen molar-refractivity contribution in [2.24, 2.45) is 0 Å². The normalized spacial score (nSPS) is 17.1. The quantitative estimate of drug-likeness (QED) is 0.103. The fourth-order valence-electron chi connectivity index (χ4n) is 4.20. The number of aliphatic hydroxyl groups excluding tert-OH is 1. The van der Waals surface area contributed by atoms with Crippen LogP contribution < -0.4 is 9.64 Å². The second kappa shape index (κ2) is 10.7. The summed E-state index contributed by atoms with van der Waals surface area (Å²) in [5.41, 5.74) is 1.72. The number of aromatic nitrogens is 1. The van der Waals surface area contributed by atoms with Crippen LogP contribution in [0.15, 0.2) is 76.8 Å². The monoisotopic (exact) mass is 596 g/mol. The van der Waals surface area contributed by atoms with Crippen molar-refractivity contribution < 1.29 is 19.4 Å². The van der Waals surface area contributed by atoms with Gasteiger partial charge in [-0.25, -0.2) is 4.98 Å². The lowest BCUT2D eigenvalue weighted by Crippen LogP contribution is -2.29. The number of halogens is 2. The first kappa shape index (κ1) is 25.4. The highest BCUT2D eigenvalue weighted by atomic mass is 79.9. The second-order valence-electron chi connectivity index (χ2n) is 8.56. The Morgan fingerprint density at radius 3 is 2.68 bits per heavy atom. The van der Waals surface area contributed by atoms with Gasteiger partial charge in [0.25, 0.3) is 5.78 Å². The first-order valence-corrected chi connectivity index (χ1v) is 13.7. The first-order valence-electron chi connectivity index (χ1n) is 11.7. The molecule has 1 N–H and O–H groups in total. The maximum absolute atomic E-state index is 13.4. The summed E-state index contributed by atoms with van der Waals surface area (Å²) in [6.07, 6.45) is 1.90. The first-order chi connectivity index (χ1) is 17.9. The van der Waals surface area contributed by atoms with E-state index in [1.54, 1.807) is 42.5 Å². The number of Topliss-reactive ketones (excluding diaryl/α,β-unsaturated/α-hetero) is 1. The molecule has 0 saturated carbocycles.